The summed E-state index contributed by atoms with van der Waals surface area (Å²) >= 11 is 0. The SMILES string of the molecule is CCOC(=O)C1=C(O)C(C(=O)OCC)C2NC(=O)N(C)C1C2[N+](=O)[O-]. The highest BCUT2D eigenvalue weighted by Gasteiger charge is 2.61. The van der Waals surface area contributed by atoms with E-state index in [0.717, 1.165) is 4.90 Å². The van der Waals surface area contributed by atoms with E-state index >= 15 is 0 Å². The number of carbonyl (C=O) groups is 3. The highest BCUT2D eigenvalue weighted by atomic mass is 16.6. The maximum Gasteiger partial charge on any atom is 0.339 e. The number of esters is 2. The molecule has 1 heterocycles. The van der Waals surface area contributed by atoms with Gasteiger partial charge in [-0.25, -0.2) is 9.59 Å². The van der Waals surface area contributed by atoms with Crippen LogP contribution in [0.25, 0.3) is 0 Å². The number of ether oxygens (including phenoxy) is 2. The van der Waals surface area contributed by atoms with Crippen molar-refractivity contribution in [2.75, 3.05) is 20.3 Å². The van der Waals surface area contributed by atoms with Gasteiger partial charge in [0.05, 0.1) is 13.2 Å². The predicted molar refractivity (Wildman–Crippen MR) is 81.1 cm³/mol. The first-order chi connectivity index (χ1) is 11.8. The van der Waals surface area contributed by atoms with Crippen molar-refractivity contribution in [2.24, 2.45) is 5.92 Å². The number of amides is 2. The minimum Gasteiger partial charge on any atom is -0.511 e. The fourth-order valence-electron chi connectivity index (χ4n) is 3.19. The van der Waals surface area contributed by atoms with E-state index < -0.39 is 58.3 Å². The van der Waals surface area contributed by atoms with E-state index in [0.29, 0.717) is 0 Å². The molecule has 25 heavy (non-hydrogen) atoms. The average Bonchev–Trinajstić information content (AvgIpc) is 2.52. The molecule has 1 saturated heterocycles. The molecule has 0 aromatic carbocycles. The van der Waals surface area contributed by atoms with E-state index in [1.54, 1.807) is 0 Å². The highest BCUT2D eigenvalue weighted by molar-refractivity contribution is 5.95. The summed E-state index contributed by atoms with van der Waals surface area (Å²) in [5, 5.41) is 24.4. The lowest BCUT2D eigenvalue weighted by molar-refractivity contribution is -0.535. The van der Waals surface area contributed by atoms with Crippen LogP contribution in [0, 0.1) is 16.0 Å². The van der Waals surface area contributed by atoms with Gasteiger partial charge in [0, 0.05) is 12.0 Å². The Morgan fingerprint density at radius 1 is 1.32 bits per heavy atom. The standard InChI is InChI=1S/C14H19N3O8/c1-4-24-12(19)6-8-10(17(22)23)9(16(3)14(21)15-8)7(11(6)18)13(20)25-5-2/h6,8-10,18H,4-5H2,1-3H3,(H,15,21). The summed E-state index contributed by atoms with van der Waals surface area (Å²) in [7, 11) is 1.25. The van der Waals surface area contributed by atoms with Gasteiger partial charge in [-0.15, -0.1) is 0 Å². The molecule has 2 aliphatic rings. The highest BCUT2D eigenvalue weighted by Crippen LogP contribution is 2.37. The van der Waals surface area contributed by atoms with Gasteiger partial charge in [0.2, 0.25) is 0 Å². The Labute approximate surface area is 142 Å². The van der Waals surface area contributed by atoms with Crippen molar-refractivity contribution in [1.82, 2.24) is 10.2 Å². The number of nitrogens with zero attached hydrogens (tertiary/aromatic N) is 2. The van der Waals surface area contributed by atoms with Crippen molar-refractivity contribution in [3.63, 3.8) is 0 Å². The van der Waals surface area contributed by atoms with Crippen molar-refractivity contribution in [1.29, 1.82) is 0 Å². The second-order valence-corrected chi connectivity index (χ2v) is 5.56. The minimum atomic E-state index is -1.57. The average molecular weight is 357 g/mol. The van der Waals surface area contributed by atoms with E-state index in [1.807, 2.05) is 0 Å². The van der Waals surface area contributed by atoms with Crippen LogP contribution in [-0.2, 0) is 19.1 Å². The fourth-order valence-corrected chi connectivity index (χ4v) is 3.19. The van der Waals surface area contributed by atoms with Gasteiger partial charge in [-0.2, -0.15) is 0 Å². The first kappa shape index (κ1) is 18.5. The molecule has 0 saturated carbocycles. The van der Waals surface area contributed by atoms with Gasteiger partial charge < -0.3 is 24.8 Å². The molecule has 11 nitrogen and oxygen atoms in total. The smallest absolute Gasteiger partial charge is 0.339 e. The molecule has 0 spiro atoms. The molecule has 0 aromatic heterocycles. The van der Waals surface area contributed by atoms with Gasteiger partial charge in [-0.05, 0) is 13.8 Å². The lowest BCUT2D eigenvalue weighted by Crippen LogP contribution is -2.72. The monoisotopic (exact) mass is 357 g/mol. The molecule has 138 valence electrons. The number of likely N-dealkylation sites (N-methyl/N-ethyl adjacent to an activating group) is 1. The van der Waals surface area contributed by atoms with Crippen molar-refractivity contribution in [3.8, 4) is 0 Å². The van der Waals surface area contributed by atoms with E-state index in [2.05, 4.69) is 5.32 Å². The van der Waals surface area contributed by atoms with E-state index in [-0.39, 0.29) is 13.2 Å². The van der Waals surface area contributed by atoms with Gasteiger partial charge in [0.1, 0.15) is 29.3 Å². The Bertz CT molecular complexity index is 646. The van der Waals surface area contributed by atoms with Gasteiger partial charge in [0.15, 0.2) is 0 Å². The van der Waals surface area contributed by atoms with Gasteiger partial charge in [-0.1, -0.05) is 0 Å². The first-order valence-electron chi connectivity index (χ1n) is 7.69. The number of carbonyl (C=O) groups excluding carboxylic acids is 3. The molecule has 1 aliphatic heterocycles. The van der Waals surface area contributed by atoms with Crippen LogP contribution in [0.2, 0.25) is 0 Å². The van der Waals surface area contributed by atoms with Crippen LogP contribution in [0.15, 0.2) is 11.3 Å². The fraction of sp³-hybridized carbons (Fsp3) is 0.643. The molecule has 0 aromatic rings. The van der Waals surface area contributed by atoms with Crippen molar-refractivity contribution >= 4 is 18.0 Å². The number of hydrogen-bond donors (Lipinski definition) is 2. The van der Waals surface area contributed by atoms with Gasteiger partial charge in [0.25, 0.3) is 6.04 Å². The molecule has 4 unspecified atom stereocenters. The third kappa shape index (κ3) is 2.96. The molecule has 1 fully saturated rings. The summed E-state index contributed by atoms with van der Waals surface area (Å²) < 4.78 is 9.70. The summed E-state index contributed by atoms with van der Waals surface area (Å²) in [6.45, 7) is 2.96. The molecule has 2 rings (SSSR count). The second-order valence-electron chi connectivity index (χ2n) is 5.56. The van der Waals surface area contributed by atoms with Crippen LogP contribution in [0.5, 0.6) is 0 Å². The Hall–Kier alpha value is -2.85. The van der Waals surface area contributed by atoms with Crippen molar-refractivity contribution in [2.45, 2.75) is 32.0 Å². The molecule has 11 heteroatoms. The van der Waals surface area contributed by atoms with Crippen molar-refractivity contribution in [3.05, 3.63) is 21.4 Å². The summed E-state index contributed by atoms with van der Waals surface area (Å²) in [6, 6.07) is -4.96. The number of nitrogens with one attached hydrogen (secondary N) is 1. The van der Waals surface area contributed by atoms with Gasteiger partial charge >= 0.3 is 18.0 Å². The lowest BCUT2D eigenvalue weighted by atomic mass is 9.75. The summed E-state index contributed by atoms with van der Waals surface area (Å²) in [4.78, 5) is 48.5. The molecule has 2 amide bonds. The second kappa shape index (κ2) is 6.95. The third-order valence-electron chi connectivity index (χ3n) is 4.22. The first-order valence-corrected chi connectivity index (χ1v) is 7.69. The number of aliphatic hydroxyl groups is 1. The predicted octanol–water partition coefficient (Wildman–Crippen LogP) is -0.408. The number of urea groups is 1. The maximum absolute atomic E-state index is 12.3. The Morgan fingerprint density at radius 3 is 2.44 bits per heavy atom. The van der Waals surface area contributed by atoms with Crippen LogP contribution < -0.4 is 5.32 Å². The van der Waals surface area contributed by atoms with Crippen LogP contribution in [0.1, 0.15) is 13.8 Å². The number of rotatable bonds is 5. The topological polar surface area (TPSA) is 148 Å². The van der Waals surface area contributed by atoms with Crippen LogP contribution >= 0.6 is 0 Å². The molecular formula is C14H19N3O8. The number of fused-ring (bicyclic) bond motifs is 2. The lowest BCUT2D eigenvalue weighted by Gasteiger charge is -2.45. The quantitative estimate of drug-likeness (QED) is 0.383. The minimum absolute atomic E-state index is 0.0372. The molecule has 4 atom stereocenters. The van der Waals surface area contributed by atoms with Crippen LogP contribution in [0.3, 0.4) is 0 Å². The zero-order chi connectivity index (χ0) is 18.9. The van der Waals surface area contributed by atoms with Gasteiger partial charge in [-0.3, -0.25) is 14.9 Å². The summed E-state index contributed by atoms with van der Waals surface area (Å²) in [5.41, 5.74) is -0.477. The molecule has 2 bridgehead atoms. The summed E-state index contributed by atoms with van der Waals surface area (Å²) in [6.07, 6.45) is 0. The molecule has 2 N–H and O–H groups in total. The largest absolute Gasteiger partial charge is 0.511 e. The Kier molecular flexibility index (Phi) is 5.14. The summed E-state index contributed by atoms with van der Waals surface area (Å²) in [5.74, 6) is -4.24. The zero-order valence-corrected chi connectivity index (χ0v) is 13.9. The molecular weight excluding hydrogens is 338 g/mol. The Balaban J connectivity index is 2.66. The normalized spacial score (nSPS) is 28.3. The number of hydrogen-bond acceptors (Lipinski definition) is 8. The van der Waals surface area contributed by atoms with E-state index in [1.165, 1.54) is 20.9 Å². The zero-order valence-electron chi connectivity index (χ0n) is 13.9. The van der Waals surface area contributed by atoms with Crippen LogP contribution in [0.4, 0.5) is 4.79 Å². The van der Waals surface area contributed by atoms with E-state index in [4.69, 9.17) is 9.47 Å². The molecule has 1 aliphatic carbocycles. The number of aliphatic hydroxyl groups excluding tert-OH is 1. The Morgan fingerprint density at radius 2 is 1.92 bits per heavy atom. The van der Waals surface area contributed by atoms with Crippen LogP contribution in [-0.4, -0.2) is 71.3 Å². The molecule has 0 radical (unpaired) electrons. The third-order valence-corrected chi connectivity index (χ3v) is 4.22. The number of nitro groups is 1. The van der Waals surface area contributed by atoms with Crippen molar-refractivity contribution < 1.29 is 33.9 Å². The maximum atomic E-state index is 12.3. The van der Waals surface area contributed by atoms with E-state index in [9.17, 15) is 29.6 Å².